The van der Waals surface area contributed by atoms with Gasteiger partial charge in [0.25, 0.3) is 0 Å². The number of nitrogens with zero attached hydrogens (tertiary/aromatic N) is 2. The van der Waals surface area contributed by atoms with Gasteiger partial charge in [0, 0.05) is 31.0 Å². The molecule has 0 amide bonds. The number of para-hydroxylation sites is 2. The number of carboxylic acid groups (broad SMARTS) is 1. The van der Waals surface area contributed by atoms with Gasteiger partial charge in [0.15, 0.2) is 0 Å². The Kier molecular flexibility index (Phi) is 4.62. The van der Waals surface area contributed by atoms with Gasteiger partial charge >= 0.3 is 16.0 Å². The highest BCUT2D eigenvalue weighted by Gasteiger charge is 2.32. The number of nitro benzene ring substituents is 1. The number of aliphatic carboxylic acids is 1. The molecule has 1 aromatic carbocycles. The molecule has 2 rings (SSSR count). The minimum Gasteiger partial charge on any atom is -0.550 e. The first kappa shape index (κ1) is 16.2. The molecule has 1 saturated heterocycles. The minimum atomic E-state index is -4.32. The molecule has 1 aromatic rings. The van der Waals surface area contributed by atoms with E-state index in [9.17, 15) is 28.4 Å². The molecule has 22 heavy (non-hydrogen) atoms. The van der Waals surface area contributed by atoms with Crippen LogP contribution in [0.2, 0.25) is 0 Å². The summed E-state index contributed by atoms with van der Waals surface area (Å²) in [5.41, 5.74) is -0.487. The summed E-state index contributed by atoms with van der Waals surface area (Å²) >= 11 is 0. The Morgan fingerprint density at radius 2 is 2.05 bits per heavy atom. The van der Waals surface area contributed by atoms with Gasteiger partial charge in [-0.1, -0.05) is 12.1 Å². The molecular formula is C12H13N2O7S-. The van der Waals surface area contributed by atoms with E-state index in [2.05, 4.69) is 0 Å². The van der Waals surface area contributed by atoms with Gasteiger partial charge in [-0.05, 0) is 18.9 Å². The number of carbonyl (C=O) groups excluding carboxylic acids is 1. The summed E-state index contributed by atoms with van der Waals surface area (Å²) in [4.78, 5) is 21.0. The Hall–Kier alpha value is -2.20. The van der Waals surface area contributed by atoms with Crippen molar-refractivity contribution < 1.29 is 27.4 Å². The Bertz CT molecular complexity index is 688. The molecule has 1 aliphatic rings. The lowest BCUT2D eigenvalue weighted by molar-refractivity contribution is -0.385. The standard InChI is InChI=1S/C12H14N2O7S/c15-12(16)9-4-3-7-13(8-9)22(19,20)21-11-6-2-1-5-10(11)14(17)18/h1-2,5-6,9H,3-4,7-8H2,(H,15,16)/p-1/t9-/m1/s1. The maximum Gasteiger partial charge on any atom is 0.385 e. The molecule has 1 atom stereocenters. The van der Waals surface area contributed by atoms with Crippen LogP contribution in [0.5, 0.6) is 5.75 Å². The van der Waals surface area contributed by atoms with Crippen molar-refractivity contribution in [3.05, 3.63) is 34.4 Å². The first-order valence-corrected chi connectivity index (χ1v) is 7.81. The summed E-state index contributed by atoms with van der Waals surface area (Å²) in [6.07, 6.45) is 0.665. The minimum absolute atomic E-state index is 0.0900. The average molecular weight is 329 g/mol. The SMILES string of the molecule is O=C([O-])[C@@H]1CCCN(S(=O)(=O)Oc2ccccc2[N+](=O)[O-])C1. The highest BCUT2D eigenvalue weighted by Crippen LogP contribution is 2.29. The molecule has 0 saturated carbocycles. The van der Waals surface area contributed by atoms with Gasteiger partial charge < -0.3 is 14.1 Å². The first-order chi connectivity index (χ1) is 10.3. The second-order valence-corrected chi connectivity index (χ2v) is 6.32. The summed E-state index contributed by atoms with van der Waals surface area (Å²) in [6.45, 7) is -0.182. The molecule has 0 N–H and O–H groups in total. The van der Waals surface area contributed by atoms with Crippen LogP contribution in [0.4, 0.5) is 5.69 Å². The van der Waals surface area contributed by atoms with Crippen LogP contribution in [-0.2, 0) is 15.1 Å². The van der Waals surface area contributed by atoms with Gasteiger partial charge in [0.05, 0.1) is 4.92 Å². The molecule has 0 spiro atoms. The maximum atomic E-state index is 12.2. The third-order valence-corrected chi connectivity index (χ3v) is 4.65. The number of carboxylic acids is 1. The summed E-state index contributed by atoms with van der Waals surface area (Å²) in [5.74, 6) is -2.66. The monoisotopic (exact) mass is 329 g/mol. The summed E-state index contributed by atoms with van der Waals surface area (Å²) in [7, 11) is -4.32. The van der Waals surface area contributed by atoms with Crippen LogP contribution in [0.15, 0.2) is 24.3 Å². The quantitative estimate of drug-likeness (QED) is 0.534. The van der Waals surface area contributed by atoms with Crippen LogP contribution < -0.4 is 9.29 Å². The van der Waals surface area contributed by atoms with Crippen molar-refractivity contribution in [3.8, 4) is 5.75 Å². The summed E-state index contributed by atoms with van der Waals surface area (Å²) in [6, 6.07) is 5.06. The molecule has 0 radical (unpaired) electrons. The largest absolute Gasteiger partial charge is 0.550 e. The predicted octanol–water partition coefficient (Wildman–Crippen LogP) is -0.320. The van der Waals surface area contributed by atoms with Crippen molar-refractivity contribution in [2.75, 3.05) is 13.1 Å². The number of hydrogen-bond donors (Lipinski definition) is 0. The van der Waals surface area contributed by atoms with Crippen molar-refractivity contribution in [2.24, 2.45) is 5.92 Å². The van der Waals surface area contributed by atoms with Crippen molar-refractivity contribution >= 4 is 22.0 Å². The number of rotatable bonds is 5. The molecule has 0 aliphatic carbocycles. The predicted molar refractivity (Wildman–Crippen MR) is 71.9 cm³/mol. The Morgan fingerprint density at radius 1 is 1.36 bits per heavy atom. The molecule has 1 heterocycles. The smallest absolute Gasteiger partial charge is 0.385 e. The van der Waals surface area contributed by atoms with E-state index in [-0.39, 0.29) is 13.1 Å². The highest BCUT2D eigenvalue weighted by molar-refractivity contribution is 7.84. The van der Waals surface area contributed by atoms with E-state index in [4.69, 9.17) is 4.18 Å². The van der Waals surface area contributed by atoms with Gasteiger partial charge in [-0.2, -0.15) is 12.7 Å². The number of carbonyl (C=O) groups is 1. The number of nitro groups is 1. The second-order valence-electron chi connectivity index (χ2n) is 4.78. The van der Waals surface area contributed by atoms with Gasteiger partial charge in [-0.15, -0.1) is 0 Å². The fraction of sp³-hybridized carbons (Fsp3) is 0.417. The third-order valence-electron chi connectivity index (χ3n) is 3.29. The van der Waals surface area contributed by atoms with E-state index in [1.54, 1.807) is 0 Å². The van der Waals surface area contributed by atoms with Crippen LogP contribution in [0.1, 0.15) is 12.8 Å². The van der Waals surface area contributed by atoms with Crippen molar-refractivity contribution in [2.45, 2.75) is 12.8 Å². The van der Waals surface area contributed by atoms with Gasteiger partial charge in [0.2, 0.25) is 5.75 Å². The van der Waals surface area contributed by atoms with E-state index < -0.39 is 38.6 Å². The van der Waals surface area contributed by atoms with E-state index >= 15 is 0 Å². The molecule has 9 nitrogen and oxygen atoms in total. The molecule has 0 bridgehead atoms. The van der Waals surface area contributed by atoms with Gasteiger partial charge in [-0.25, -0.2) is 0 Å². The zero-order valence-electron chi connectivity index (χ0n) is 11.4. The highest BCUT2D eigenvalue weighted by atomic mass is 32.2. The Balaban J connectivity index is 2.21. The lowest BCUT2D eigenvalue weighted by Crippen LogP contribution is -2.47. The van der Waals surface area contributed by atoms with E-state index in [0.717, 1.165) is 16.4 Å². The number of hydrogen-bond acceptors (Lipinski definition) is 7. The fourth-order valence-electron chi connectivity index (χ4n) is 2.18. The summed E-state index contributed by atoms with van der Waals surface area (Å²) < 4.78 is 30.0. The lowest BCUT2D eigenvalue weighted by Gasteiger charge is -2.31. The zero-order valence-corrected chi connectivity index (χ0v) is 12.2. The summed E-state index contributed by atoms with van der Waals surface area (Å²) in [5, 5.41) is 21.7. The average Bonchev–Trinajstić information content (AvgIpc) is 2.47. The second kappa shape index (κ2) is 6.28. The van der Waals surface area contributed by atoms with Crippen LogP contribution in [-0.4, -0.2) is 36.7 Å². The van der Waals surface area contributed by atoms with Crippen LogP contribution >= 0.6 is 0 Å². The van der Waals surface area contributed by atoms with E-state index in [1.165, 1.54) is 12.1 Å². The van der Waals surface area contributed by atoms with Gasteiger partial charge in [0.1, 0.15) is 0 Å². The van der Waals surface area contributed by atoms with Crippen molar-refractivity contribution in [1.82, 2.24) is 4.31 Å². The van der Waals surface area contributed by atoms with Crippen LogP contribution in [0.25, 0.3) is 0 Å². The Labute approximate surface area is 126 Å². The number of benzene rings is 1. The van der Waals surface area contributed by atoms with E-state index in [1.807, 2.05) is 0 Å². The molecular weight excluding hydrogens is 316 g/mol. The zero-order chi connectivity index (χ0) is 16.3. The normalized spacial score (nSPS) is 19.5. The molecule has 10 heteroatoms. The molecule has 1 fully saturated rings. The molecule has 1 aliphatic heterocycles. The molecule has 120 valence electrons. The topological polar surface area (TPSA) is 130 Å². The molecule has 0 unspecified atom stereocenters. The van der Waals surface area contributed by atoms with Crippen LogP contribution in [0.3, 0.4) is 0 Å². The van der Waals surface area contributed by atoms with Crippen molar-refractivity contribution in [3.63, 3.8) is 0 Å². The van der Waals surface area contributed by atoms with Gasteiger partial charge in [-0.3, -0.25) is 10.1 Å². The first-order valence-electron chi connectivity index (χ1n) is 6.45. The number of piperidine rings is 1. The van der Waals surface area contributed by atoms with Crippen molar-refractivity contribution in [1.29, 1.82) is 0 Å². The fourth-order valence-corrected chi connectivity index (χ4v) is 3.37. The lowest BCUT2D eigenvalue weighted by atomic mass is 10.0. The third kappa shape index (κ3) is 3.52. The molecule has 0 aromatic heterocycles. The van der Waals surface area contributed by atoms with E-state index in [0.29, 0.717) is 12.8 Å². The van der Waals surface area contributed by atoms with Crippen LogP contribution in [0, 0.1) is 16.0 Å². The maximum absolute atomic E-state index is 12.2. The Morgan fingerprint density at radius 3 is 2.68 bits per heavy atom.